The Kier molecular flexibility index (Phi) is 6.32. The number of nitrogens with zero attached hydrogens (tertiary/aromatic N) is 2. The smallest absolute Gasteiger partial charge is 0.416 e. The van der Waals surface area contributed by atoms with E-state index in [2.05, 4.69) is 30.6 Å². The molecule has 0 unspecified atom stereocenters. The van der Waals surface area contributed by atoms with Gasteiger partial charge in [0.05, 0.1) is 16.7 Å². The van der Waals surface area contributed by atoms with Gasteiger partial charge in [-0.15, -0.1) is 0 Å². The zero-order valence-electron chi connectivity index (χ0n) is 15.4. The normalized spacial score (nSPS) is 11.9. The van der Waals surface area contributed by atoms with Crippen molar-refractivity contribution in [1.29, 1.82) is 0 Å². The summed E-state index contributed by atoms with van der Waals surface area (Å²) in [5.74, 6) is -0.514. The predicted octanol–water partition coefficient (Wildman–Crippen LogP) is 4.95. The summed E-state index contributed by atoms with van der Waals surface area (Å²) in [7, 11) is -4.01. The van der Waals surface area contributed by atoms with Gasteiger partial charge in [-0.25, -0.2) is 18.4 Å². The van der Waals surface area contributed by atoms with Gasteiger partial charge in [0.25, 0.3) is 15.9 Å². The molecule has 1 N–H and O–H groups in total. The number of hydrogen-bond acceptors (Lipinski definition) is 5. The van der Waals surface area contributed by atoms with E-state index in [0.29, 0.717) is 0 Å². The monoisotopic (exact) mass is 501 g/mol. The highest BCUT2D eigenvalue weighted by molar-refractivity contribution is 9.10. The summed E-state index contributed by atoms with van der Waals surface area (Å²) >= 11 is 3.09. The van der Waals surface area contributed by atoms with Crippen LogP contribution in [0.25, 0.3) is 0 Å². The second kappa shape index (κ2) is 8.60. The third-order valence-corrected chi connectivity index (χ3v) is 5.70. The number of rotatable bonds is 6. The minimum absolute atomic E-state index is 0.00816. The maximum absolute atomic E-state index is 13.2. The number of ether oxygens (including phenoxy) is 1. The Balaban J connectivity index is 1.87. The molecule has 0 aliphatic heterocycles. The number of halogens is 4. The molecule has 0 fully saturated rings. The van der Waals surface area contributed by atoms with Crippen LogP contribution < -0.4 is 9.46 Å². The number of nitrogens with one attached hydrogen (secondary N) is 1. The van der Waals surface area contributed by atoms with Crippen LogP contribution in [-0.2, 0) is 22.8 Å². The summed E-state index contributed by atoms with van der Waals surface area (Å²) in [6, 6.07) is 11.0. The molecule has 3 rings (SSSR count). The molecule has 30 heavy (non-hydrogen) atoms. The Labute approximate surface area is 179 Å². The predicted molar refractivity (Wildman–Crippen MR) is 107 cm³/mol. The molecule has 0 bridgehead atoms. The van der Waals surface area contributed by atoms with E-state index in [1.165, 1.54) is 36.5 Å². The van der Waals surface area contributed by atoms with E-state index in [-0.39, 0.29) is 26.8 Å². The van der Waals surface area contributed by atoms with Crippen LogP contribution in [0.3, 0.4) is 0 Å². The van der Waals surface area contributed by atoms with E-state index in [9.17, 15) is 21.6 Å². The van der Waals surface area contributed by atoms with Crippen molar-refractivity contribution in [1.82, 2.24) is 9.97 Å². The highest BCUT2D eigenvalue weighted by atomic mass is 79.9. The molecule has 0 aliphatic carbocycles. The first-order chi connectivity index (χ1) is 14.1. The molecule has 0 aliphatic rings. The summed E-state index contributed by atoms with van der Waals surface area (Å²) in [5, 5.41) is 0. The molecule has 11 heteroatoms. The van der Waals surface area contributed by atoms with Gasteiger partial charge in [0, 0.05) is 5.56 Å². The van der Waals surface area contributed by atoms with Crippen molar-refractivity contribution in [3.63, 3.8) is 0 Å². The molecule has 6 nitrogen and oxygen atoms in total. The van der Waals surface area contributed by atoms with Crippen molar-refractivity contribution in [3.05, 3.63) is 76.0 Å². The molecule has 0 spiro atoms. The van der Waals surface area contributed by atoms with E-state index in [1.807, 2.05) is 6.92 Å². The molecule has 0 radical (unpaired) electrons. The summed E-state index contributed by atoms with van der Waals surface area (Å²) in [6.07, 6.45) is -3.32. The lowest BCUT2D eigenvalue weighted by atomic mass is 10.1. The van der Waals surface area contributed by atoms with E-state index in [0.717, 1.165) is 11.6 Å². The van der Waals surface area contributed by atoms with E-state index in [1.54, 1.807) is 12.1 Å². The van der Waals surface area contributed by atoms with Crippen LogP contribution in [-0.4, -0.2) is 18.4 Å². The highest BCUT2D eigenvalue weighted by Crippen LogP contribution is 2.33. The standard InChI is InChI=1S/C19H15BrF3N3O3S/c1-12-6-8-14(9-7-12)30(27,28)26-17-18(25-16(20)10-24-17)29-11-13-4-2-3-5-15(13)19(21,22)23/h2-10H,11H2,1H3,(H,24,26). The average molecular weight is 502 g/mol. The molecule has 2 aromatic carbocycles. The molecule has 0 atom stereocenters. The van der Waals surface area contributed by atoms with Crippen molar-refractivity contribution < 1.29 is 26.3 Å². The minimum atomic E-state index is -4.56. The number of aryl methyl sites for hydroxylation is 1. The zero-order chi connectivity index (χ0) is 21.9. The van der Waals surface area contributed by atoms with Gasteiger partial charge in [-0.2, -0.15) is 13.2 Å². The first-order valence-electron chi connectivity index (χ1n) is 8.46. The lowest BCUT2D eigenvalue weighted by Crippen LogP contribution is -2.16. The SMILES string of the molecule is Cc1ccc(S(=O)(=O)Nc2ncc(Br)nc2OCc2ccccc2C(F)(F)F)cc1. The largest absolute Gasteiger partial charge is 0.470 e. The quantitative estimate of drug-likeness (QED) is 0.516. The van der Waals surface area contributed by atoms with Crippen molar-refractivity contribution in [2.24, 2.45) is 0 Å². The summed E-state index contributed by atoms with van der Waals surface area (Å²) < 4.78 is 72.6. The van der Waals surface area contributed by atoms with Gasteiger partial charge in [-0.3, -0.25) is 4.72 Å². The number of aromatic nitrogens is 2. The highest BCUT2D eigenvalue weighted by Gasteiger charge is 2.33. The average Bonchev–Trinajstić information content (AvgIpc) is 2.68. The van der Waals surface area contributed by atoms with E-state index < -0.39 is 28.4 Å². The molecule has 0 saturated carbocycles. The van der Waals surface area contributed by atoms with Crippen LogP contribution in [0, 0.1) is 6.92 Å². The van der Waals surface area contributed by atoms with Crippen molar-refractivity contribution in [2.75, 3.05) is 4.72 Å². The topological polar surface area (TPSA) is 81.2 Å². The Morgan fingerprint density at radius 3 is 2.43 bits per heavy atom. The molecule has 158 valence electrons. The fraction of sp³-hybridized carbons (Fsp3) is 0.158. The molecular formula is C19H15BrF3N3O3S. The number of hydrogen-bond donors (Lipinski definition) is 1. The summed E-state index contributed by atoms with van der Waals surface area (Å²) in [6.45, 7) is 1.33. The van der Waals surface area contributed by atoms with Gasteiger partial charge < -0.3 is 4.74 Å². The fourth-order valence-electron chi connectivity index (χ4n) is 2.49. The molecule has 1 heterocycles. The molecule has 1 aromatic heterocycles. The molecular weight excluding hydrogens is 487 g/mol. The second-order valence-electron chi connectivity index (χ2n) is 6.21. The van der Waals surface area contributed by atoms with Crippen molar-refractivity contribution in [3.8, 4) is 5.88 Å². The Bertz CT molecular complexity index is 1150. The van der Waals surface area contributed by atoms with Gasteiger partial charge in [0.15, 0.2) is 0 Å². The first kappa shape index (κ1) is 22.0. The van der Waals surface area contributed by atoms with E-state index in [4.69, 9.17) is 4.74 Å². The Morgan fingerprint density at radius 2 is 1.77 bits per heavy atom. The van der Waals surface area contributed by atoms with Crippen molar-refractivity contribution in [2.45, 2.75) is 24.6 Å². The van der Waals surface area contributed by atoms with Gasteiger partial charge >= 0.3 is 6.18 Å². The maximum Gasteiger partial charge on any atom is 0.416 e. The third kappa shape index (κ3) is 5.28. The molecule has 3 aromatic rings. The lowest BCUT2D eigenvalue weighted by Gasteiger charge is -2.15. The number of benzene rings is 2. The Morgan fingerprint density at radius 1 is 1.10 bits per heavy atom. The van der Waals surface area contributed by atoms with Gasteiger partial charge in [0.1, 0.15) is 11.2 Å². The third-order valence-electron chi connectivity index (χ3n) is 3.96. The first-order valence-corrected chi connectivity index (χ1v) is 10.7. The number of alkyl halides is 3. The number of anilines is 1. The zero-order valence-corrected chi connectivity index (χ0v) is 17.8. The molecule has 0 amide bonds. The summed E-state index contributed by atoms with van der Waals surface area (Å²) in [4.78, 5) is 7.93. The van der Waals surface area contributed by atoms with Crippen LogP contribution >= 0.6 is 15.9 Å². The lowest BCUT2D eigenvalue weighted by molar-refractivity contribution is -0.138. The second-order valence-corrected chi connectivity index (χ2v) is 8.70. The van der Waals surface area contributed by atoms with Crippen LogP contribution in [0.2, 0.25) is 0 Å². The minimum Gasteiger partial charge on any atom is -0.470 e. The molecule has 0 saturated heterocycles. The van der Waals surface area contributed by atoms with Crippen molar-refractivity contribution >= 4 is 31.8 Å². The Hall–Kier alpha value is -2.66. The summed E-state index contributed by atoms with van der Waals surface area (Å²) in [5.41, 5.74) is -0.0985. The van der Waals surface area contributed by atoms with Crippen LogP contribution in [0.4, 0.5) is 19.0 Å². The van der Waals surface area contributed by atoms with Gasteiger partial charge in [-0.05, 0) is 41.1 Å². The fourth-order valence-corrected chi connectivity index (χ4v) is 3.77. The van der Waals surface area contributed by atoms with Crippen LogP contribution in [0.15, 0.2) is 64.2 Å². The van der Waals surface area contributed by atoms with Crippen LogP contribution in [0.1, 0.15) is 16.7 Å². The van der Waals surface area contributed by atoms with Gasteiger partial charge in [0.2, 0.25) is 5.82 Å². The van der Waals surface area contributed by atoms with Crippen LogP contribution in [0.5, 0.6) is 5.88 Å². The maximum atomic E-state index is 13.2. The van der Waals surface area contributed by atoms with Gasteiger partial charge in [-0.1, -0.05) is 35.9 Å². The number of sulfonamides is 1. The van der Waals surface area contributed by atoms with E-state index >= 15 is 0 Å².